The largest absolute Gasteiger partial charge is 0.481 e. The number of ketones is 1. The molecular weight excluding hydrogens is 440 g/mol. The summed E-state index contributed by atoms with van der Waals surface area (Å²) < 4.78 is 0. The molecule has 0 amide bonds. The number of carboxylic acids is 1. The molecule has 0 aromatic heterocycles. The molecule has 0 radical (unpaired) electrons. The van der Waals surface area contributed by atoms with Crippen LogP contribution in [-0.4, -0.2) is 38.8 Å². The Bertz CT molecular complexity index is 995. The molecule has 5 nitrogen and oxygen atoms in total. The number of carboxylic acid groups (broad SMARTS) is 1. The highest BCUT2D eigenvalue weighted by molar-refractivity contribution is 5.86. The third-order valence-corrected chi connectivity index (χ3v) is 13.3. The summed E-state index contributed by atoms with van der Waals surface area (Å²) in [6, 6.07) is 0. The van der Waals surface area contributed by atoms with E-state index in [1.54, 1.807) is 0 Å². The number of fused-ring (bicyclic) bond motifs is 7. The van der Waals surface area contributed by atoms with E-state index in [1.165, 1.54) is 0 Å². The number of hydrogen-bond donors (Lipinski definition) is 3. The van der Waals surface area contributed by atoms with E-state index in [1.807, 2.05) is 6.92 Å². The van der Waals surface area contributed by atoms with Crippen LogP contribution >= 0.6 is 0 Å². The van der Waals surface area contributed by atoms with Gasteiger partial charge in [-0.15, -0.1) is 0 Å². The van der Waals surface area contributed by atoms with E-state index in [2.05, 4.69) is 47.6 Å². The van der Waals surface area contributed by atoms with Crippen LogP contribution in [0.25, 0.3) is 0 Å². The van der Waals surface area contributed by atoms with E-state index in [0.717, 1.165) is 37.7 Å². The number of aliphatic hydroxyl groups is 2. The maximum Gasteiger partial charge on any atom is 0.310 e. The van der Waals surface area contributed by atoms with Gasteiger partial charge in [-0.1, -0.05) is 53.2 Å². The average Bonchev–Trinajstić information content (AvgIpc) is 2.75. The van der Waals surface area contributed by atoms with Gasteiger partial charge >= 0.3 is 5.97 Å². The van der Waals surface area contributed by atoms with Gasteiger partial charge in [-0.3, -0.25) is 9.59 Å². The molecule has 0 saturated heterocycles. The maximum absolute atomic E-state index is 13.0. The Morgan fingerprint density at radius 2 is 1.63 bits per heavy atom. The van der Waals surface area contributed by atoms with E-state index < -0.39 is 34.4 Å². The Hall–Kier alpha value is -1.20. The number of hydrogen-bond acceptors (Lipinski definition) is 4. The van der Waals surface area contributed by atoms with Gasteiger partial charge < -0.3 is 15.3 Å². The number of Topliss-reactive ketones (excluding diaryl/α,β-unsaturated/α-hetero) is 1. The third kappa shape index (κ3) is 2.78. The normalized spacial score (nSPS) is 55.1. The quantitative estimate of drug-likeness (QED) is 0.432. The number of aliphatic hydroxyl groups excluding tert-OH is 1. The SMILES string of the molecule is C[C@@H]1CC[C@]2(C(=O)O)CC[C@]3(C)C(=CC[C@@H]4[C@@]5(C)[C@@H](O)CC(=O)C(C)(C)[C@@H]5CC[C@]43C)[C@@H]2[C@]1(C)O. The van der Waals surface area contributed by atoms with Gasteiger partial charge in [-0.2, -0.15) is 0 Å². The summed E-state index contributed by atoms with van der Waals surface area (Å²) in [4.78, 5) is 25.8. The van der Waals surface area contributed by atoms with E-state index in [4.69, 9.17) is 0 Å². The molecule has 0 aromatic rings. The predicted octanol–water partition coefficient (Wildman–Crippen LogP) is 5.38. The van der Waals surface area contributed by atoms with Gasteiger partial charge in [0.15, 0.2) is 0 Å². The minimum Gasteiger partial charge on any atom is -0.481 e. The third-order valence-electron chi connectivity index (χ3n) is 13.3. The van der Waals surface area contributed by atoms with Gasteiger partial charge in [-0.05, 0) is 80.5 Å². The number of carbonyl (C=O) groups is 2. The van der Waals surface area contributed by atoms with E-state index in [-0.39, 0.29) is 46.2 Å². The van der Waals surface area contributed by atoms with Crippen LogP contribution in [0.4, 0.5) is 0 Å². The number of rotatable bonds is 1. The van der Waals surface area contributed by atoms with E-state index in [9.17, 15) is 24.9 Å². The van der Waals surface area contributed by atoms with Crippen molar-refractivity contribution in [3.63, 3.8) is 0 Å². The molecule has 0 spiro atoms. The van der Waals surface area contributed by atoms with Gasteiger partial charge in [-0.25, -0.2) is 0 Å². The van der Waals surface area contributed by atoms with Crippen molar-refractivity contribution < 1.29 is 24.9 Å². The minimum atomic E-state index is -1.08. The average molecular weight is 487 g/mol. The van der Waals surface area contributed by atoms with Crippen LogP contribution in [0.2, 0.25) is 0 Å². The first kappa shape index (κ1) is 25.4. The lowest BCUT2D eigenvalue weighted by atomic mass is 9.33. The molecule has 196 valence electrons. The molecule has 0 aromatic carbocycles. The second-order valence-corrected chi connectivity index (χ2v) is 14.6. The molecule has 0 aliphatic heterocycles. The first-order valence-electron chi connectivity index (χ1n) is 13.9. The molecular formula is C30H46O5. The topological polar surface area (TPSA) is 94.8 Å². The van der Waals surface area contributed by atoms with Crippen molar-refractivity contribution in [1.82, 2.24) is 0 Å². The zero-order valence-corrected chi connectivity index (χ0v) is 22.8. The fraction of sp³-hybridized carbons (Fsp3) is 0.867. The van der Waals surface area contributed by atoms with Gasteiger partial charge in [0, 0.05) is 23.2 Å². The first-order chi connectivity index (χ1) is 16.0. The summed E-state index contributed by atoms with van der Waals surface area (Å²) in [7, 11) is 0. The van der Waals surface area contributed by atoms with Gasteiger partial charge in [0.2, 0.25) is 0 Å². The zero-order valence-electron chi connectivity index (χ0n) is 22.8. The molecule has 4 fully saturated rings. The van der Waals surface area contributed by atoms with Crippen molar-refractivity contribution in [3.8, 4) is 0 Å². The molecule has 0 bridgehead atoms. The summed E-state index contributed by atoms with van der Waals surface area (Å²) in [5, 5.41) is 33.9. The lowest BCUT2D eigenvalue weighted by molar-refractivity contribution is -0.225. The highest BCUT2D eigenvalue weighted by Crippen LogP contribution is 2.75. The van der Waals surface area contributed by atoms with Crippen LogP contribution in [0.5, 0.6) is 0 Å². The van der Waals surface area contributed by atoms with Crippen LogP contribution in [-0.2, 0) is 9.59 Å². The lowest BCUT2D eigenvalue weighted by Gasteiger charge is -2.71. The summed E-state index contributed by atoms with van der Waals surface area (Å²) in [6.07, 6.45) is 7.19. The minimum absolute atomic E-state index is 0.0361. The highest BCUT2D eigenvalue weighted by atomic mass is 16.4. The van der Waals surface area contributed by atoms with Gasteiger partial charge in [0.05, 0.1) is 17.1 Å². The van der Waals surface area contributed by atoms with E-state index in [0.29, 0.717) is 12.8 Å². The van der Waals surface area contributed by atoms with Crippen molar-refractivity contribution in [2.24, 2.45) is 50.7 Å². The van der Waals surface area contributed by atoms with Crippen molar-refractivity contribution in [2.75, 3.05) is 0 Å². The van der Waals surface area contributed by atoms with Crippen LogP contribution < -0.4 is 0 Å². The Balaban J connectivity index is 1.67. The first-order valence-corrected chi connectivity index (χ1v) is 13.9. The number of carbonyl (C=O) groups excluding carboxylic acids is 1. The molecule has 5 aliphatic rings. The molecule has 35 heavy (non-hydrogen) atoms. The standard InChI is InChI=1S/C30H46O5/c1-17-10-13-30(24(33)34)15-14-26(4)18(23(30)29(17,7)35)8-9-20-27(26,5)12-11-19-25(2,3)21(31)16-22(32)28(19,20)6/h8,17,19-20,22-23,32,35H,9-16H2,1-7H3,(H,33,34)/t17-,19+,20+,22+,23-,26-,27-,28+,29-,30+/m1/s1. The molecule has 0 unspecified atom stereocenters. The van der Waals surface area contributed by atoms with Crippen LogP contribution in [0.15, 0.2) is 11.6 Å². The second-order valence-electron chi connectivity index (χ2n) is 14.6. The van der Waals surface area contributed by atoms with Gasteiger partial charge in [0.25, 0.3) is 0 Å². The van der Waals surface area contributed by atoms with E-state index >= 15 is 0 Å². The molecule has 3 N–H and O–H groups in total. The Morgan fingerprint density at radius 3 is 2.26 bits per heavy atom. The monoisotopic (exact) mass is 486 g/mol. The summed E-state index contributed by atoms with van der Waals surface area (Å²) in [5.41, 5.74) is -2.05. The molecule has 0 heterocycles. The van der Waals surface area contributed by atoms with Crippen molar-refractivity contribution in [2.45, 2.75) is 112 Å². The van der Waals surface area contributed by atoms with Crippen LogP contribution in [0.1, 0.15) is 99.8 Å². The van der Waals surface area contributed by atoms with Crippen LogP contribution in [0, 0.1) is 50.7 Å². The number of allylic oxidation sites excluding steroid dienone is 1. The summed E-state index contributed by atoms with van der Waals surface area (Å²) in [6.45, 7) is 15.0. The molecule has 5 heteroatoms. The lowest BCUT2D eigenvalue weighted by Crippen LogP contribution is -2.69. The summed E-state index contributed by atoms with van der Waals surface area (Å²) >= 11 is 0. The smallest absolute Gasteiger partial charge is 0.310 e. The van der Waals surface area contributed by atoms with Gasteiger partial charge in [0.1, 0.15) is 5.78 Å². The Labute approximate surface area is 210 Å². The fourth-order valence-electron chi connectivity index (χ4n) is 10.6. The molecule has 5 aliphatic carbocycles. The van der Waals surface area contributed by atoms with Crippen molar-refractivity contribution in [1.29, 1.82) is 0 Å². The predicted molar refractivity (Wildman–Crippen MR) is 134 cm³/mol. The Kier molecular flexibility index (Phi) is 5.25. The molecule has 4 saturated carbocycles. The van der Waals surface area contributed by atoms with Crippen molar-refractivity contribution >= 4 is 11.8 Å². The maximum atomic E-state index is 13.0. The molecule has 5 rings (SSSR count). The second kappa shape index (κ2) is 7.22. The molecule has 10 atom stereocenters. The van der Waals surface area contributed by atoms with Crippen molar-refractivity contribution in [3.05, 3.63) is 11.6 Å². The van der Waals surface area contributed by atoms with Crippen LogP contribution in [0.3, 0.4) is 0 Å². The zero-order chi connectivity index (χ0) is 26.0. The Morgan fingerprint density at radius 1 is 0.971 bits per heavy atom. The number of aliphatic carboxylic acids is 1. The highest BCUT2D eigenvalue weighted by Gasteiger charge is 2.72. The fourth-order valence-corrected chi connectivity index (χ4v) is 10.6. The summed E-state index contributed by atoms with van der Waals surface area (Å²) in [5.74, 6) is -0.619.